The van der Waals surface area contributed by atoms with Crippen LogP contribution in [0.1, 0.15) is 53.1 Å². The maximum absolute atomic E-state index is 13.0. The molecule has 0 radical (unpaired) electrons. The highest BCUT2D eigenvalue weighted by atomic mass is 127. The lowest BCUT2D eigenvalue weighted by molar-refractivity contribution is 0.0600. The summed E-state index contributed by atoms with van der Waals surface area (Å²) in [5, 5.41) is 15.9. The molecule has 1 saturated heterocycles. The van der Waals surface area contributed by atoms with E-state index in [-0.39, 0.29) is 30.0 Å². The van der Waals surface area contributed by atoms with Crippen molar-refractivity contribution in [3.05, 3.63) is 60.0 Å². The molecule has 4 rings (SSSR count). The van der Waals surface area contributed by atoms with E-state index in [2.05, 4.69) is 27.9 Å². The Morgan fingerprint density at radius 2 is 2.06 bits per heavy atom. The summed E-state index contributed by atoms with van der Waals surface area (Å²) in [7, 11) is 0. The molecule has 1 fully saturated rings. The van der Waals surface area contributed by atoms with E-state index in [0.717, 1.165) is 22.0 Å². The zero-order valence-corrected chi connectivity index (χ0v) is 20.0. The molecule has 2 N–H and O–H groups in total. The zero-order valence-electron chi connectivity index (χ0n) is 17.1. The molecule has 8 nitrogen and oxygen atoms in total. The minimum absolute atomic E-state index is 0.0803. The van der Waals surface area contributed by atoms with Gasteiger partial charge in [-0.05, 0) is 60.9 Å². The van der Waals surface area contributed by atoms with Crippen molar-refractivity contribution < 1.29 is 14.7 Å². The fraction of sp³-hybridized carbons (Fsp3) is 0.381. The minimum atomic E-state index is -0.862. The van der Waals surface area contributed by atoms with E-state index in [0.29, 0.717) is 11.6 Å². The van der Waals surface area contributed by atoms with Crippen LogP contribution in [-0.2, 0) is 6.54 Å². The summed E-state index contributed by atoms with van der Waals surface area (Å²) in [6.45, 7) is 4.51. The van der Waals surface area contributed by atoms with Gasteiger partial charge < -0.3 is 15.3 Å². The number of hydrogen-bond acceptors (Lipinski definition) is 5. The molecule has 0 unspecified atom stereocenters. The molecule has 1 aromatic heterocycles. The summed E-state index contributed by atoms with van der Waals surface area (Å²) in [5.74, 6) is -1.74. The standard InChI is InChI=1S/C21H22ClIN4O4/c1-3-25-15-8-7-11(2)27(15)26-10-13(18(28)19(29)17(26)21(25)31)20(30)24-9-12-5-4-6-14(22)16(12)23/h4-6,10-11,15,29H,3,7-9H2,1-2H3,(H,24,30)/t11-,15+/m1/s1. The quantitative estimate of drug-likeness (QED) is 0.565. The monoisotopic (exact) mass is 556 g/mol. The van der Waals surface area contributed by atoms with Crippen LogP contribution in [0.5, 0.6) is 5.75 Å². The lowest BCUT2D eigenvalue weighted by Gasteiger charge is -2.44. The molecule has 164 valence electrons. The predicted molar refractivity (Wildman–Crippen MR) is 125 cm³/mol. The van der Waals surface area contributed by atoms with Crippen molar-refractivity contribution in [2.45, 2.75) is 45.4 Å². The number of carbonyl (C=O) groups is 2. The lowest BCUT2D eigenvalue weighted by atomic mass is 10.1. The van der Waals surface area contributed by atoms with Gasteiger partial charge in [-0.25, -0.2) is 0 Å². The first-order valence-electron chi connectivity index (χ1n) is 10.1. The molecule has 2 aliphatic rings. The van der Waals surface area contributed by atoms with Gasteiger partial charge in [0.2, 0.25) is 5.43 Å². The average Bonchev–Trinajstić information content (AvgIpc) is 3.12. The van der Waals surface area contributed by atoms with Crippen LogP contribution in [0.25, 0.3) is 0 Å². The predicted octanol–water partition coefficient (Wildman–Crippen LogP) is 2.66. The first-order chi connectivity index (χ1) is 14.8. The number of hydrogen-bond donors (Lipinski definition) is 2. The van der Waals surface area contributed by atoms with Crippen LogP contribution in [0, 0.1) is 3.57 Å². The number of fused-ring (bicyclic) bond motifs is 3. The van der Waals surface area contributed by atoms with Gasteiger partial charge in [-0.2, -0.15) is 0 Å². The lowest BCUT2D eigenvalue weighted by Crippen LogP contribution is -2.60. The molecule has 0 aliphatic carbocycles. The third-order valence-electron chi connectivity index (χ3n) is 5.89. The second kappa shape index (κ2) is 8.34. The third kappa shape index (κ3) is 3.57. The summed E-state index contributed by atoms with van der Waals surface area (Å²) in [6, 6.07) is 5.45. The van der Waals surface area contributed by atoms with Crippen LogP contribution in [0.15, 0.2) is 29.2 Å². The van der Waals surface area contributed by atoms with E-state index in [4.69, 9.17) is 11.6 Å². The molecule has 10 heteroatoms. The molecular weight excluding hydrogens is 535 g/mol. The van der Waals surface area contributed by atoms with Crippen molar-refractivity contribution in [1.82, 2.24) is 14.9 Å². The van der Waals surface area contributed by atoms with Gasteiger partial charge in [-0.3, -0.25) is 24.1 Å². The molecule has 2 amide bonds. The van der Waals surface area contributed by atoms with Crippen LogP contribution in [0.4, 0.5) is 0 Å². The first kappa shape index (κ1) is 21.9. The topological polar surface area (TPSA) is 94.9 Å². The average molecular weight is 557 g/mol. The van der Waals surface area contributed by atoms with Crippen molar-refractivity contribution in [3.63, 3.8) is 0 Å². The van der Waals surface area contributed by atoms with E-state index in [1.54, 1.807) is 17.0 Å². The van der Waals surface area contributed by atoms with Gasteiger partial charge in [0.25, 0.3) is 11.8 Å². The maximum Gasteiger partial charge on any atom is 0.278 e. The van der Waals surface area contributed by atoms with Crippen molar-refractivity contribution in [1.29, 1.82) is 0 Å². The number of nitrogens with one attached hydrogen (secondary N) is 1. The number of benzene rings is 1. The van der Waals surface area contributed by atoms with Gasteiger partial charge in [0, 0.05) is 28.9 Å². The van der Waals surface area contributed by atoms with Crippen LogP contribution < -0.4 is 15.8 Å². The second-order valence-electron chi connectivity index (χ2n) is 7.69. The minimum Gasteiger partial charge on any atom is -0.502 e. The Bertz CT molecular complexity index is 1140. The summed E-state index contributed by atoms with van der Waals surface area (Å²) in [6.07, 6.45) is 2.83. The fourth-order valence-corrected chi connectivity index (χ4v) is 5.06. The summed E-state index contributed by atoms with van der Waals surface area (Å²) < 4.78 is 2.30. The highest BCUT2D eigenvalue weighted by Gasteiger charge is 2.44. The number of rotatable bonds is 4. The Kier molecular flexibility index (Phi) is 5.91. The van der Waals surface area contributed by atoms with E-state index >= 15 is 0 Å². The van der Waals surface area contributed by atoms with Crippen LogP contribution >= 0.6 is 34.2 Å². The Balaban J connectivity index is 1.72. The number of aromatic nitrogens is 1. The molecule has 2 atom stereocenters. The first-order valence-corrected chi connectivity index (χ1v) is 11.5. The summed E-state index contributed by atoms with van der Waals surface area (Å²) >= 11 is 8.22. The van der Waals surface area contributed by atoms with E-state index in [1.807, 2.05) is 24.9 Å². The van der Waals surface area contributed by atoms with Crippen LogP contribution in [0.3, 0.4) is 0 Å². The number of aromatic hydroxyl groups is 1. The summed E-state index contributed by atoms with van der Waals surface area (Å²) in [4.78, 5) is 40.3. The smallest absolute Gasteiger partial charge is 0.278 e. The van der Waals surface area contributed by atoms with Crippen LogP contribution in [-0.4, -0.2) is 45.2 Å². The SMILES string of the molecule is CCN1C(=O)c2c(O)c(=O)c(C(=O)NCc3cccc(Cl)c3I)cn2N2[C@H](C)CC[C@@H]12. The van der Waals surface area contributed by atoms with Crippen molar-refractivity contribution in [3.8, 4) is 5.75 Å². The Morgan fingerprint density at radius 3 is 2.77 bits per heavy atom. The molecule has 31 heavy (non-hydrogen) atoms. The fourth-order valence-electron chi connectivity index (χ4n) is 4.32. The van der Waals surface area contributed by atoms with Crippen molar-refractivity contribution in [2.75, 3.05) is 11.6 Å². The third-order valence-corrected chi connectivity index (χ3v) is 7.80. The number of amides is 2. The molecule has 0 spiro atoms. The molecule has 2 aliphatic heterocycles. The summed E-state index contributed by atoms with van der Waals surface area (Å²) in [5.41, 5.74) is -0.364. The Hall–Kier alpha value is -2.27. The molecule has 0 saturated carbocycles. The highest BCUT2D eigenvalue weighted by Crippen LogP contribution is 2.33. The number of nitrogens with zero attached hydrogens (tertiary/aromatic N) is 3. The number of carbonyl (C=O) groups excluding carboxylic acids is 2. The van der Waals surface area contributed by atoms with E-state index in [9.17, 15) is 19.5 Å². The molecule has 3 heterocycles. The van der Waals surface area contributed by atoms with Gasteiger partial charge >= 0.3 is 0 Å². The molecule has 1 aromatic carbocycles. The molecular formula is C21H22ClIN4O4. The van der Waals surface area contributed by atoms with E-state index in [1.165, 1.54) is 10.9 Å². The van der Waals surface area contributed by atoms with Crippen molar-refractivity contribution >= 4 is 46.0 Å². The van der Waals surface area contributed by atoms with Gasteiger partial charge in [-0.15, -0.1) is 0 Å². The van der Waals surface area contributed by atoms with Gasteiger partial charge in [0.1, 0.15) is 11.7 Å². The highest BCUT2D eigenvalue weighted by molar-refractivity contribution is 14.1. The Labute approximate surface area is 197 Å². The van der Waals surface area contributed by atoms with Crippen molar-refractivity contribution in [2.24, 2.45) is 0 Å². The number of halogens is 2. The normalized spacial score (nSPS) is 19.9. The largest absolute Gasteiger partial charge is 0.502 e. The van der Waals surface area contributed by atoms with Gasteiger partial charge in [-0.1, -0.05) is 23.7 Å². The maximum atomic E-state index is 13.0. The second-order valence-corrected chi connectivity index (χ2v) is 9.17. The zero-order chi connectivity index (χ0) is 22.4. The van der Waals surface area contributed by atoms with Gasteiger partial charge in [0.05, 0.1) is 5.02 Å². The van der Waals surface area contributed by atoms with Crippen LogP contribution in [0.2, 0.25) is 5.02 Å². The molecule has 2 aromatic rings. The molecule has 0 bridgehead atoms. The van der Waals surface area contributed by atoms with Gasteiger partial charge in [0.15, 0.2) is 11.4 Å². The number of pyridine rings is 1. The van der Waals surface area contributed by atoms with E-state index < -0.39 is 23.0 Å². The Morgan fingerprint density at radius 1 is 1.32 bits per heavy atom.